The summed E-state index contributed by atoms with van der Waals surface area (Å²) >= 11 is 0. The van der Waals surface area contributed by atoms with Crippen LogP contribution in [0, 0.1) is 12.8 Å². The predicted molar refractivity (Wildman–Crippen MR) is 103 cm³/mol. The van der Waals surface area contributed by atoms with Gasteiger partial charge in [-0.2, -0.15) is 0 Å². The predicted octanol–water partition coefficient (Wildman–Crippen LogP) is 3.09. The average molecular weight is 348 g/mol. The fraction of sp³-hybridized carbons (Fsp3) is 0.650. The quantitative estimate of drug-likeness (QED) is 0.446. The van der Waals surface area contributed by atoms with Gasteiger partial charge in [-0.3, -0.25) is 0 Å². The Bertz CT molecular complexity index is 527. The second-order valence-electron chi connectivity index (χ2n) is 6.62. The molecule has 1 aliphatic rings. The van der Waals surface area contributed by atoms with E-state index in [0.29, 0.717) is 13.2 Å². The van der Waals surface area contributed by atoms with E-state index in [0.717, 1.165) is 49.5 Å². The average Bonchev–Trinajstić information content (AvgIpc) is 2.64. The lowest BCUT2D eigenvalue weighted by Crippen LogP contribution is -2.40. The second kappa shape index (κ2) is 11.0. The van der Waals surface area contributed by atoms with Crippen LogP contribution in [-0.4, -0.2) is 57.4 Å². The molecule has 140 valence electrons. The molecule has 0 aliphatic carbocycles. The van der Waals surface area contributed by atoms with Gasteiger partial charge in [0.25, 0.3) is 0 Å². The number of aryl methyl sites for hydroxylation is 1. The van der Waals surface area contributed by atoms with Crippen LogP contribution in [0.1, 0.15) is 31.7 Å². The van der Waals surface area contributed by atoms with Crippen molar-refractivity contribution in [3.05, 3.63) is 29.8 Å². The molecule has 5 heteroatoms. The molecule has 0 atom stereocenters. The van der Waals surface area contributed by atoms with Gasteiger partial charge >= 0.3 is 0 Å². The van der Waals surface area contributed by atoms with Crippen LogP contribution in [0.3, 0.4) is 0 Å². The molecule has 1 aromatic rings. The summed E-state index contributed by atoms with van der Waals surface area (Å²) in [4.78, 5) is 6.93. The Hall–Kier alpha value is -1.75. The number of para-hydroxylation sites is 1. The molecule has 1 heterocycles. The van der Waals surface area contributed by atoms with Crippen LogP contribution in [0.5, 0.6) is 5.75 Å². The summed E-state index contributed by atoms with van der Waals surface area (Å²) in [5, 5.41) is 3.38. The van der Waals surface area contributed by atoms with E-state index >= 15 is 0 Å². The molecule has 1 N–H and O–H groups in total. The van der Waals surface area contributed by atoms with Crippen LogP contribution < -0.4 is 10.1 Å². The van der Waals surface area contributed by atoms with Gasteiger partial charge in [-0.1, -0.05) is 18.2 Å². The van der Waals surface area contributed by atoms with Gasteiger partial charge in [-0.05, 0) is 50.7 Å². The van der Waals surface area contributed by atoms with Crippen molar-refractivity contribution in [2.24, 2.45) is 10.9 Å². The Morgan fingerprint density at radius 3 is 2.80 bits per heavy atom. The van der Waals surface area contributed by atoms with E-state index in [1.165, 1.54) is 19.3 Å². The Kier molecular flexibility index (Phi) is 8.60. The summed E-state index contributed by atoms with van der Waals surface area (Å²) in [5.74, 6) is 2.68. The third-order valence-corrected chi connectivity index (χ3v) is 4.61. The van der Waals surface area contributed by atoms with Gasteiger partial charge in [-0.25, -0.2) is 4.99 Å². The summed E-state index contributed by atoms with van der Waals surface area (Å²) < 4.78 is 11.3. The van der Waals surface area contributed by atoms with Crippen molar-refractivity contribution >= 4 is 5.96 Å². The molecule has 0 spiro atoms. The Labute approximate surface area is 152 Å². The maximum Gasteiger partial charge on any atom is 0.193 e. The minimum Gasteiger partial charge on any atom is -0.491 e. The van der Waals surface area contributed by atoms with E-state index < -0.39 is 0 Å². The van der Waals surface area contributed by atoms with Crippen LogP contribution >= 0.6 is 0 Å². The van der Waals surface area contributed by atoms with E-state index in [2.05, 4.69) is 37.2 Å². The number of guanidine groups is 1. The first-order valence-corrected chi connectivity index (χ1v) is 9.46. The maximum absolute atomic E-state index is 5.83. The van der Waals surface area contributed by atoms with Crippen molar-refractivity contribution < 1.29 is 9.47 Å². The number of hydrogen-bond donors (Lipinski definition) is 1. The van der Waals surface area contributed by atoms with Crippen molar-refractivity contribution in [1.29, 1.82) is 0 Å². The van der Waals surface area contributed by atoms with E-state index in [4.69, 9.17) is 14.5 Å². The monoisotopic (exact) mass is 347 g/mol. The van der Waals surface area contributed by atoms with E-state index in [9.17, 15) is 0 Å². The van der Waals surface area contributed by atoms with E-state index in [-0.39, 0.29) is 0 Å². The highest BCUT2D eigenvalue weighted by Gasteiger charge is 2.15. The Morgan fingerprint density at radius 1 is 1.32 bits per heavy atom. The number of hydrogen-bond acceptors (Lipinski definition) is 3. The van der Waals surface area contributed by atoms with Crippen LogP contribution in [0.4, 0.5) is 0 Å². The van der Waals surface area contributed by atoms with Gasteiger partial charge in [0.2, 0.25) is 0 Å². The topological polar surface area (TPSA) is 46.1 Å². The number of benzene rings is 1. The van der Waals surface area contributed by atoms with Crippen molar-refractivity contribution in [2.45, 2.75) is 33.1 Å². The molecule has 0 bridgehead atoms. The molecule has 0 saturated carbocycles. The SMILES string of the molecule is CCNC(=NCCOc1ccccc1C)N(C)CCC1CCOCC1. The van der Waals surface area contributed by atoms with Gasteiger partial charge in [-0.15, -0.1) is 0 Å². The zero-order chi connectivity index (χ0) is 17.9. The highest BCUT2D eigenvalue weighted by molar-refractivity contribution is 5.79. The lowest BCUT2D eigenvalue weighted by atomic mass is 9.96. The fourth-order valence-corrected chi connectivity index (χ4v) is 3.01. The zero-order valence-corrected chi connectivity index (χ0v) is 16.0. The number of aliphatic imine (C=N–C) groups is 1. The first kappa shape index (κ1) is 19.6. The van der Waals surface area contributed by atoms with Crippen LogP contribution in [0.25, 0.3) is 0 Å². The standard InChI is InChI=1S/C20H33N3O2/c1-4-21-20(23(3)13-9-18-10-14-24-15-11-18)22-12-16-25-19-8-6-5-7-17(19)2/h5-8,18H,4,9-16H2,1-3H3,(H,21,22). The third-order valence-electron chi connectivity index (χ3n) is 4.61. The third kappa shape index (κ3) is 6.94. The van der Waals surface area contributed by atoms with Crippen LogP contribution in [0.15, 0.2) is 29.3 Å². The Morgan fingerprint density at radius 2 is 2.08 bits per heavy atom. The molecule has 0 amide bonds. The largest absolute Gasteiger partial charge is 0.491 e. The first-order valence-electron chi connectivity index (χ1n) is 9.46. The molecule has 1 fully saturated rings. The zero-order valence-electron chi connectivity index (χ0n) is 16.0. The van der Waals surface area contributed by atoms with Gasteiger partial charge < -0.3 is 19.7 Å². The molecule has 1 saturated heterocycles. The second-order valence-corrected chi connectivity index (χ2v) is 6.62. The summed E-state index contributed by atoms with van der Waals surface area (Å²) in [6.07, 6.45) is 3.57. The summed E-state index contributed by atoms with van der Waals surface area (Å²) in [6, 6.07) is 8.09. The summed E-state index contributed by atoms with van der Waals surface area (Å²) in [7, 11) is 2.11. The molecule has 0 aromatic heterocycles. The van der Waals surface area contributed by atoms with E-state index in [1.54, 1.807) is 0 Å². The normalized spacial score (nSPS) is 15.9. The molecular formula is C20H33N3O2. The molecule has 0 unspecified atom stereocenters. The van der Waals surface area contributed by atoms with Crippen molar-refractivity contribution in [3.8, 4) is 5.75 Å². The smallest absolute Gasteiger partial charge is 0.193 e. The highest BCUT2D eigenvalue weighted by atomic mass is 16.5. The Balaban J connectivity index is 1.77. The van der Waals surface area contributed by atoms with Crippen LogP contribution in [0.2, 0.25) is 0 Å². The van der Waals surface area contributed by atoms with Crippen LogP contribution in [-0.2, 0) is 4.74 Å². The molecule has 1 aromatic carbocycles. The molecular weight excluding hydrogens is 314 g/mol. The number of nitrogens with zero attached hydrogens (tertiary/aromatic N) is 2. The van der Waals surface area contributed by atoms with Crippen molar-refractivity contribution in [1.82, 2.24) is 10.2 Å². The van der Waals surface area contributed by atoms with E-state index in [1.807, 2.05) is 18.2 Å². The summed E-state index contributed by atoms with van der Waals surface area (Å²) in [5.41, 5.74) is 1.16. The van der Waals surface area contributed by atoms with Gasteiger partial charge in [0.1, 0.15) is 12.4 Å². The minimum absolute atomic E-state index is 0.591. The number of ether oxygens (including phenoxy) is 2. The lowest BCUT2D eigenvalue weighted by molar-refractivity contribution is 0.0625. The van der Waals surface area contributed by atoms with Crippen molar-refractivity contribution in [3.63, 3.8) is 0 Å². The fourth-order valence-electron chi connectivity index (χ4n) is 3.01. The molecule has 1 aliphatic heterocycles. The van der Waals surface area contributed by atoms with Gasteiger partial charge in [0.05, 0.1) is 6.54 Å². The minimum atomic E-state index is 0.591. The number of rotatable bonds is 8. The highest BCUT2D eigenvalue weighted by Crippen LogP contribution is 2.18. The maximum atomic E-state index is 5.83. The van der Waals surface area contributed by atoms with Crippen molar-refractivity contribution in [2.75, 3.05) is 46.5 Å². The van der Waals surface area contributed by atoms with Gasteiger partial charge in [0.15, 0.2) is 5.96 Å². The number of nitrogens with one attached hydrogen (secondary N) is 1. The summed E-state index contributed by atoms with van der Waals surface area (Å²) in [6.45, 7) is 9.13. The lowest BCUT2D eigenvalue weighted by Gasteiger charge is -2.26. The first-order chi connectivity index (χ1) is 12.2. The molecule has 2 rings (SSSR count). The molecule has 5 nitrogen and oxygen atoms in total. The molecule has 25 heavy (non-hydrogen) atoms. The molecule has 0 radical (unpaired) electrons. The van der Waals surface area contributed by atoms with Gasteiger partial charge in [0, 0.05) is 33.4 Å².